The number of methoxy groups -OCH3 is 2. The minimum Gasteiger partial charge on any atom is -0.354 e. The van der Waals surface area contributed by atoms with Crippen molar-refractivity contribution in [3.05, 3.63) is 35.4 Å². The largest absolute Gasteiger partial charge is 0.354 e. The number of benzene rings is 1. The van der Waals surface area contributed by atoms with E-state index in [0.717, 1.165) is 5.56 Å². The smallest absolute Gasteiger partial charge is 0.175 e. The monoisotopic (exact) mass is 195 g/mol. The zero-order chi connectivity index (χ0) is 10.6. The summed E-state index contributed by atoms with van der Waals surface area (Å²) in [6.45, 7) is 2.03. The summed E-state index contributed by atoms with van der Waals surface area (Å²) in [6, 6.07) is 7.78. The van der Waals surface area contributed by atoms with Gasteiger partial charge in [0.1, 0.15) is 0 Å². The zero-order valence-corrected chi connectivity index (χ0v) is 8.86. The maximum Gasteiger partial charge on any atom is 0.175 e. The Hall–Kier alpha value is -0.900. The Morgan fingerprint density at radius 2 is 1.86 bits per heavy atom. The molecule has 0 heterocycles. The quantitative estimate of drug-likeness (QED) is 0.742. The summed E-state index contributed by atoms with van der Waals surface area (Å²) in [7, 11) is 3.17. The van der Waals surface area contributed by atoms with Crippen LogP contribution in [0.25, 0.3) is 0 Å². The lowest BCUT2D eigenvalue weighted by molar-refractivity contribution is -0.117. The third-order valence-corrected chi connectivity index (χ3v) is 2.18. The first kappa shape index (κ1) is 11.2. The molecule has 0 aliphatic carbocycles. The minimum atomic E-state index is -0.392. The van der Waals surface area contributed by atoms with Crippen molar-refractivity contribution in [1.29, 1.82) is 0 Å². The first-order valence-corrected chi connectivity index (χ1v) is 4.56. The van der Waals surface area contributed by atoms with Crippen LogP contribution >= 0.6 is 0 Å². The molecule has 0 bridgehead atoms. The molecule has 3 nitrogen and oxygen atoms in total. The number of hydrogen-bond acceptors (Lipinski definition) is 3. The third kappa shape index (κ3) is 2.54. The molecule has 3 heteroatoms. The van der Waals surface area contributed by atoms with E-state index >= 15 is 0 Å². The molecule has 0 spiro atoms. The number of rotatable bonds is 4. The van der Waals surface area contributed by atoms with Gasteiger partial charge in [0.05, 0.1) is 6.04 Å². The second-order valence-corrected chi connectivity index (χ2v) is 3.28. The van der Waals surface area contributed by atoms with Gasteiger partial charge in [-0.25, -0.2) is 0 Å². The van der Waals surface area contributed by atoms with E-state index < -0.39 is 6.29 Å². The molecule has 1 unspecified atom stereocenters. The van der Waals surface area contributed by atoms with Gasteiger partial charge >= 0.3 is 0 Å². The van der Waals surface area contributed by atoms with E-state index in [2.05, 4.69) is 0 Å². The van der Waals surface area contributed by atoms with Gasteiger partial charge in [0, 0.05) is 14.2 Å². The van der Waals surface area contributed by atoms with Gasteiger partial charge < -0.3 is 15.2 Å². The summed E-state index contributed by atoms with van der Waals surface area (Å²) in [4.78, 5) is 0. The highest BCUT2D eigenvalue weighted by Gasteiger charge is 2.17. The molecular weight excluding hydrogens is 178 g/mol. The van der Waals surface area contributed by atoms with Crippen LogP contribution in [0.3, 0.4) is 0 Å². The van der Waals surface area contributed by atoms with Crippen molar-refractivity contribution in [1.82, 2.24) is 0 Å². The van der Waals surface area contributed by atoms with E-state index in [-0.39, 0.29) is 6.04 Å². The standard InChI is InChI=1S/C11H17NO2/c1-8-5-4-6-9(7-8)10(12)11(13-2)14-3/h4-7,10-11H,12H2,1-3H3. The Kier molecular flexibility index (Phi) is 4.07. The van der Waals surface area contributed by atoms with Crippen LogP contribution < -0.4 is 5.73 Å². The Labute approximate surface area is 84.8 Å². The summed E-state index contributed by atoms with van der Waals surface area (Å²) >= 11 is 0. The van der Waals surface area contributed by atoms with E-state index in [1.165, 1.54) is 5.56 Å². The van der Waals surface area contributed by atoms with Gasteiger partial charge in [-0.05, 0) is 12.5 Å². The van der Waals surface area contributed by atoms with Crippen LogP contribution in [0.2, 0.25) is 0 Å². The van der Waals surface area contributed by atoms with Crippen LogP contribution in [0.5, 0.6) is 0 Å². The second kappa shape index (κ2) is 5.10. The van der Waals surface area contributed by atoms with E-state index in [9.17, 15) is 0 Å². The van der Waals surface area contributed by atoms with Crippen molar-refractivity contribution in [3.63, 3.8) is 0 Å². The van der Waals surface area contributed by atoms with Gasteiger partial charge in [0.25, 0.3) is 0 Å². The second-order valence-electron chi connectivity index (χ2n) is 3.28. The molecule has 0 aromatic heterocycles. The van der Waals surface area contributed by atoms with Crippen LogP contribution in [-0.4, -0.2) is 20.5 Å². The van der Waals surface area contributed by atoms with Crippen molar-refractivity contribution >= 4 is 0 Å². The third-order valence-electron chi connectivity index (χ3n) is 2.18. The van der Waals surface area contributed by atoms with Crippen LogP contribution in [-0.2, 0) is 9.47 Å². The number of hydrogen-bond donors (Lipinski definition) is 1. The molecule has 2 N–H and O–H groups in total. The Morgan fingerprint density at radius 1 is 1.21 bits per heavy atom. The summed E-state index contributed by atoms with van der Waals surface area (Å²) in [6.07, 6.45) is -0.392. The van der Waals surface area contributed by atoms with Crippen molar-refractivity contribution < 1.29 is 9.47 Å². The van der Waals surface area contributed by atoms with Crippen molar-refractivity contribution in [2.45, 2.75) is 19.3 Å². The lowest BCUT2D eigenvalue weighted by Crippen LogP contribution is -2.29. The number of aryl methyl sites for hydroxylation is 1. The molecular formula is C11H17NO2. The highest BCUT2D eigenvalue weighted by Crippen LogP contribution is 2.17. The molecule has 1 rings (SSSR count). The molecule has 14 heavy (non-hydrogen) atoms. The number of ether oxygens (including phenoxy) is 2. The molecule has 1 atom stereocenters. The topological polar surface area (TPSA) is 44.5 Å². The lowest BCUT2D eigenvalue weighted by atomic mass is 10.0. The Balaban J connectivity index is 2.82. The highest BCUT2D eigenvalue weighted by atomic mass is 16.7. The van der Waals surface area contributed by atoms with Crippen LogP contribution in [0.15, 0.2) is 24.3 Å². The average Bonchev–Trinajstić information content (AvgIpc) is 2.19. The first-order chi connectivity index (χ1) is 6.69. The summed E-state index contributed by atoms with van der Waals surface area (Å²) in [5.41, 5.74) is 8.19. The molecule has 0 saturated carbocycles. The van der Waals surface area contributed by atoms with Crippen LogP contribution in [0.1, 0.15) is 17.2 Å². The molecule has 0 aliphatic rings. The fraction of sp³-hybridized carbons (Fsp3) is 0.455. The molecule has 0 fully saturated rings. The van der Waals surface area contributed by atoms with Crippen LogP contribution in [0, 0.1) is 6.92 Å². The summed E-state index contributed by atoms with van der Waals surface area (Å²) in [5.74, 6) is 0. The predicted octanol–water partition coefficient (Wildman–Crippen LogP) is 1.61. The molecule has 78 valence electrons. The van der Waals surface area contributed by atoms with E-state index in [1.807, 2.05) is 31.2 Å². The van der Waals surface area contributed by atoms with E-state index in [0.29, 0.717) is 0 Å². The first-order valence-electron chi connectivity index (χ1n) is 4.56. The van der Waals surface area contributed by atoms with Crippen LogP contribution in [0.4, 0.5) is 0 Å². The van der Waals surface area contributed by atoms with Gasteiger partial charge in [-0.3, -0.25) is 0 Å². The fourth-order valence-electron chi connectivity index (χ4n) is 1.42. The predicted molar refractivity (Wildman–Crippen MR) is 55.9 cm³/mol. The highest BCUT2D eigenvalue weighted by molar-refractivity contribution is 5.25. The van der Waals surface area contributed by atoms with Gasteiger partial charge in [-0.15, -0.1) is 0 Å². The van der Waals surface area contributed by atoms with Crippen molar-refractivity contribution in [3.8, 4) is 0 Å². The maximum absolute atomic E-state index is 5.98. The Bertz CT molecular complexity index is 284. The minimum absolute atomic E-state index is 0.245. The zero-order valence-electron chi connectivity index (χ0n) is 8.86. The van der Waals surface area contributed by atoms with Crippen molar-refractivity contribution in [2.24, 2.45) is 5.73 Å². The molecule has 1 aromatic rings. The van der Waals surface area contributed by atoms with Gasteiger partial charge in [0.15, 0.2) is 6.29 Å². The average molecular weight is 195 g/mol. The van der Waals surface area contributed by atoms with E-state index in [4.69, 9.17) is 15.2 Å². The molecule has 0 amide bonds. The maximum atomic E-state index is 5.98. The molecule has 0 radical (unpaired) electrons. The van der Waals surface area contributed by atoms with E-state index in [1.54, 1.807) is 14.2 Å². The van der Waals surface area contributed by atoms with Gasteiger partial charge in [-0.1, -0.05) is 29.8 Å². The fourth-order valence-corrected chi connectivity index (χ4v) is 1.42. The Morgan fingerprint density at radius 3 is 2.36 bits per heavy atom. The van der Waals surface area contributed by atoms with Gasteiger partial charge in [-0.2, -0.15) is 0 Å². The number of nitrogens with two attached hydrogens (primary N) is 1. The summed E-state index contributed by atoms with van der Waals surface area (Å²) in [5, 5.41) is 0. The van der Waals surface area contributed by atoms with Gasteiger partial charge in [0.2, 0.25) is 0 Å². The molecule has 0 saturated heterocycles. The van der Waals surface area contributed by atoms with Crippen molar-refractivity contribution in [2.75, 3.05) is 14.2 Å². The molecule has 1 aromatic carbocycles. The summed E-state index contributed by atoms with van der Waals surface area (Å²) < 4.78 is 10.2. The SMILES string of the molecule is COC(OC)C(N)c1cccc(C)c1. The molecule has 0 aliphatic heterocycles. The lowest BCUT2D eigenvalue weighted by Gasteiger charge is -2.21. The normalized spacial score (nSPS) is 13.2.